The maximum Gasteiger partial charge on any atom is 0.319 e. The molecule has 5 nitrogen and oxygen atoms in total. The zero-order valence-corrected chi connectivity index (χ0v) is 14.0. The summed E-state index contributed by atoms with van der Waals surface area (Å²) in [4.78, 5) is 26.3. The minimum Gasteiger partial charge on any atom is -0.338 e. The minimum atomic E-state index is -0.290. The Labute approximate surface area is 141 Å². The summed E-state index contributed by atoms with van der Waals surface area (Å²) in [6, 6.07) is 5.33. The predicted octanol–water partition coefficient (Wildman–Crippen LogP) is 3.31. The van der Waals surface area contributed by atoms with Crippen LogP contribution in [0.2, 0.25) is 5.02 Å². The molecule has 1 atom stereocenters. The van der Waals surface area contributed by atoms with Crippen molar-refractivity contribution in [2.75, 3.05) is 11.9 Å². The Hall–Kier alpha value is -1.75. The van der Waals surface area contributed by atoms with E-state index in [0.717, 1.165) is 18.4 Å². The zero-order chi connectivity index (χ0) is 16.4. The average molecular weight is 336 g/mol. The van der Waals surface area contributed by atoms with Crippen LogP contribution in [0.4, 0.5) is 10.5 Å². The van der Waals surface area contributed by atoms with Crippen molar-refractivity contribution in [1.29, 1.82) is 0 Å². The van der Waals surface area contributed by atoms with Gasteiger partial charge in [-0.25, -0.2) is 4.79 Å². The third-order valence-electron chi connectivity index (χ3n) is 4.71. The molecule has 3 rings (SSSR count). The van der Waals surface area contributed by atoms with Crippen molar-refractivity contribution in [3.05, 3.63) is 28.8 Å². The van der Waals surface area contributed by atoms with Crippen molar-refractivity contribution in [3.63, 3.8) is 0 Å². The van der Waals surface area contributed by atoms with Crippen LogP contribution in [0.25, 0.3) is 0 Å². The highest BCUT2D eigenvalue weighted by Gasteiger charge is 2.36. The van der Waals surface area contributed by atoms with Crippen LogP contribution < -0.4 is 10.6 Å². The maximum atomic E-state index is 12.2. The van der Waals surface area contributed by atoms with Gasteiger partial charge in [-0.15, -0.1) is 0 Å². The molecule has 0 bridgehead atoms. The number of halogens is 1. The third-order valence-corrected chi connectivity index (χ3v) is 4.94. The fraction of sp³-hybridized carbons (Fsp3) is 0.529. The summed E-state index contributed by atoms with van der Waals surface area (Å²) >= 11 is 5.96. The molecular weight excluding hydrogens is 314 g/mol. The number of benzene rings is 1. The summed E-state index contributed by atoms with van der Waals surface area (Å²) in [6.45, 7) is 2.53. The van der Waals surface area contributed by atoms with Gasteiger partial charge in [0.1, 0.15) is 0 Å². The van der Waals surface area contributed by atoms with E-state index in [4.69, 9.17) is 11.6 Å². The van der Waals surface area contributed by atoms with Crippen molar-refractivity contribution >= 4 is 29.2 Å². The zero-order valence-electron chi connectivity index (χ0n) is 13.3. The lowest BCUT2D eigenvalue weighted by molar-refractivity contribution is -0.129. The molecule has 0 aromatic heterocycles. The molecule has 1 unspecified atom stereocenters. The number of nitrogens with zero attached hydrogens (tertiary/aromatic N) is 1. The van der Waals surface area contributed by atoms with E-state index >= 15 is 0 Å². The van der Waals surface area contributed by atoms with Gasteiger partial charge in [-0.2, -0.15) is 0 Å². The summed E-state index contributed by atoms with van der Waals surface area (Å²) in [5.74, 6) is 0.154. The largest absolute Gasteiger partial charge is 0.338 e. The van der Waals surface area contributed by atoms with Crippen LogP contribution in [0.5, 0.6) is 0 Å². The summed E-state index contributed by atoms with van der Waals surface area (Å²) in [7, 11) is 0. The van der Waals surface area contributed by atoms with Crippen LogP contribution in [-0.4, -0.2) is 35.5 Å². The lowest BCUT2D eigenvalue weighted by Crippen LogP contribution is -2.41. The number of amides is 3. The first kappa shape index (κ1) is 16.1. The first-order valence-corrected chi connectivity index (χ1v) is 8.54. The second kappa shape index (κ2) is 6.79. The third kappa shape index (κ3) is 3.78. The van der Waals surface area contributed by atoms with E-state index in [2.05, 4.69) is 10.6 Å². The van der Waals surface area contributed by atoms with E-state index in [1.165, 1.54) is 12.8 Å². The molecule has 6 heteroatoms. The molecule has 0 radical (unpaired) electrons. The number of aryl methyl sites for hydroxylation is 1. The SMILES string of the molecule is Cc1ccc(Cl)cc1NC(=O)NC1CC(=O)N(C2CCCC2)C1. The minimum absolute atomic E-state index is 0.123. The Morgan fingerprint density at radius 2 is 2.04 bits per heavy atom. The Morgan fingerprint density at radius 1 is 1.30 bits per heavy atom. The number of rotatable bonds is 3. The number of urea groups is 1. The topological polar surface area (TPSA) is 61.4 Å². The molecule has 1 heterocycles. The molecule has 2 N–H and O–H groups in total. The van der Waals surface area contributed by atoms with Gasteiger partial charge in [0.15, 0.2) is 0 Å². The highest BCUT2D eigenvalue weighted by Crippen LogP contribution is 2.27. The maximum absolute atomic E-state index is 12.2. The van der Waals surface area contributed by atoms with Gasteiger partial charge in [0.2, 0.25) is 5.91 Å². The number of hydrogen-bond donors (Lipinski definition) is 2. The van der Waals surface area contributed by atoms with Crippen molar-refractivity contribution in [2.24, 2.45) is 0 Å². The lowest BCUT2D eigenvalue weighted by atomic mass is 10.2. The van der Waals surface area contributed by atoms with Crippen LogP contribution in [0.15, 0.2) is 18.2 Å². The fourth-order valence-corrected chi connectivity index (χ4v) is 3.64. The van der Waals surface area contributed by atoms with Crippen molar-refractivity contribution in [3.8, 4) is 0 Å². The number of likely N-dealkylation sites (tertiary alicyclic amines) is 1. The molecule has 0 spiro atoms. The van der Waals surface area contributed by atoms with Crippen molar-refractivity contribution in [2.45, 2.75) is 51.1 Å². The Morgan fingerprint density at radius 3 is 2.78 bits per heavy atom. The highest BCUT2D eigenvalue weighted by molar-refractivity contribution is 6.31. The molecule has 1 aromatic carbocycles. The van der Waals surface area contributed by atoms with Gasteiger partial charge in [0.05, 0.1) is 6.04 Å². The molecule has 2 fully saturated rings. The summed E-state index contributed by atoms with van der Waals surface area (Å²) in [5, 5.41) is 6.29. The Balaban J connectivity index is 1.56. The quantitative estimate of drug-likeness (QED) is 0.890. The highest BCUT2D eigenvalue weighted by atomic mass is 35.5. The second-order valence-electron chi connectivity index (χ2n) is 6.44. The molecule has 3 amide bonds. The average Bonchev–Trinajstić information content (AvgIpc) is 3.12. The molecule has 2 aliphatic rings. The second-order valence-corrected chi connectivity index (χ2v) is 6.88. The van der Waals surface area contributed by atoms with E-state index in [9.17, 15) is 9.59 Å². The predicted molar refractivity (Wildman–Crippen MR) is 90.7 cm³/mol. The van der Waals surface area contributed by atoms with Gasteiger partial charge in [-0.05, 0) is 37.5 Å². The lowest BCUT2D eigenvalue weighted by Gasteiger charge is -2.24. The number of carbonyl (C=O) groups excluding carboxylic acids is 2. The van der Waals surface area contributed by atoms with E-state index in [-0.39, 0.29) is 18.0 Å². The summed E-state index contributed by atoms with van der Waals surface area (Å²) in [6.07, 6.45) is 4.96. The van der Waals surface area contributed by atoms with Crippen LogP contribution in [0.3, 0.4) is 0 Å². The molecule has 124 valence electrons. The molecular formula is C17H22ClN3O2. The van der Waals surface area contributed by atoms with E-state index in [1.807, 2.05) is 17.9 Å². The van der Waals surface area contributed by atoms with Crippen LogP contribution in [-0.2, 0) is 4.79 Å². The van der Waals surface area contributed by atoms with Gasteiger partial charge >= 0.3 is 6.03 Å². The van der Waals surface area contributed by atoms with E-state index in [0.29, 0.717) is 29.7 Å². The standard InChI is InChI=1S/C17H22ClN3O2/c1-11-6-7-12(18)8-15(11)20-17(23)19-13-9-16(22)21(10-13)14-4-2-3-5-14/h6-8,13-14H,2-5,9-10H2,1H3,(H2,19,20,23). The molecule has 1 saturated carbocycles. The summed E-state index contributed by atoms with van der Waals surface area (Å²) < 4.78 is 0. The van der Waals surface area contributed by atoms with E-state index in [1.54, 1.807) is 12.1 Å². The monoisotopic (exact) mass is 335 g/mol. The first-order chi connectivity index (χ1) is 11.0. The number of anilines is 1. The fourth-order valence-electron chi connectivity index (χ4n) is 3.47. The van der Waals surface area contributed by atoms with Crippen LogP contribution in [0.1, 0.15) is 37.7 Å². The molecule has 1 aliphatic carbocycles. The van der Waals surface area contributed by atoms with Gasteiger partial charge in [-0.3, -0.25) is 4.79 Å². The van der Waals surface area contributed by atoms with Gasteiger partial charge in [0, 0.05) is 29.7 Å². The van der Waals surface area contributed by atoms with Crippen molar-refractivity contribution in [1.82, 2.24) is 10.2 Å². The molecule has 1 aliphatic heterocycles. The normalized spacial score (nSPS) is 21.7. The Bertz CT molecular complexity index is 614. The number of nitrogens with one attached hydrogen (secondary N) is 2. The first-order valence-electron chi connectivity index (χ1n) is 8.16. The van der Waals surface area contributed by atoms with Gasteiger partial charge < -0.3 is 15.5 Å². The molecule has 1 saturated heterocycles. The smallest absolute Gasteiger partial charge is 0.319 e. The van der Waals surface area contributed by atoms with E-state index < -0.39 is 0 Å². The van der Waals surface area contributed by atoms with Crippen molar-refractivity contribution < 1.29 is 9.59 Å². The summed E-state index contributed by atoms with van der Waals surface area (Å²) in [5.41, 5.74) is 1.63. The van der Waals surface area contributed by atoms with Crippen LogP contribution in [0, 0.1) is 6.92 Å². The molecule has 23 heavy (non-hydrogen) atoms. The molecule has 1 aromatic rings. The number of hydrogen-bond acceptors (Lipinski definition) is 2. The van der Waals surface area contributed by atoms with Gasteiger partial charge in [-0.1, -0.05) is 30.5 Å². The Kier molecular flexibility index (Phi) is 4.76. The number of carbonyl (C=O) groups is 2. The van der Waals surface area contributed by atoms with Crippen LogP contribution >= 0.6 is 11.6 Å². The van der Waals surface area contributed by atoms with Gasteiger partial charge in [0.25, 0.3) is 0 Å².